The summed E-state index contributed by atoms with van der Waals surface area (Å²) in [5.74, 6) is 0.0576. The largest absolute Gasteiger partial charge is 0.294 e. The molecule has 4 heteroatoms. The minimum absolute atomic E-state index is 0.0576. The number of ketones is 1. The molecule has 76 valence electrons. The minimum atomic E-state index is 0.0576. The van der Waals surface area contributed by atoms with Gasteiger partial charge in [0.1, 0.15) is 5.03 Å². The first-order valence-electron chi connectivity index (χ1n) is 4.44. The van der Waals surface area contributed by atoms with Gasteiger partial charge in [-0.05, 0) is 30.5 Å². The number of carbonyl (C=O) groups is 1. The molecular formula is C11H9NOS2. The molecule has 0 amide bonds. The summed E-state index contributed by atoms with van der Waals surface area (Å²) in [6, 6.07) is 7.61. The molecule has 2 nitrogen and oxygen atoms in total. The number of carbonyl (C=O) groups excluding carboxylic acids is 1. The van der Waals surface area contributed by atoms with Crippen molar-refractivity contribution in [1.82, 2.24) is 4.98 Å². The average Bonchev–Trinajstić information content (AvgIpc) is 2.71. The Morgan fingerprint density at radius 2 is 2.27 bits per heavy atom. The number of thiophene rings is 1. The normalized spacial score (nSPS) is 10.2. The molecule has 0 saturated carbocycles. The summed E-state index contributed by atoms with van der Waals surface area (Å²) in [4.78, 5) is 15.6. The standard InChI is InChI=1S/C11H9NOS2/c1-8(13)9-4-2-6-12-11(9)15-10-5-3-7-14-10/h2-7H,1H3. The maximum atomic E-state index is 11.3. The zero-order valence-corrected chi connectivity index (χ0v) is 9.77. The molecule has 0 saturated heterocycles. The fourth-order valence-corrected chi connectivity index (χ4v) is 2.97. The SMILES string of the molecule is CC(=O)c1cccnc1Sc1cccs1. The fraction of sp³-hybridized carbons (Fsp3) is 0.0909. The summed E-state index contributed by atoms with van der Waals surface area (Å²) in [6.07, 6.45) is 1.71. The number of hydrogen-bond acceptors (Lipinski definition) is 4. The quantitative estimate of drug-likeness (QED) is 0.763. The summed E-state index contributed by atoms with van der Waals surface area (Å²) in [7, 11) is 0. The van der Waals surface area contributed by atoms with Crippen LogP contribution in [0.15, 0.2) is 45.1 Å². The molecule has 0 bridgehead atoms. The Hall–Kier alpha value is -1.13. The molecule has 0 unspecified atom stereocenters. The maximum absolute atomic E-state index is 11.3. The monoisotopic (exact) mass is 235 g/mol. The number of aromatic nitrogens is 1. The summed E-state index contributed by atoms with van der Waals surface area (Å²) in [5.41, 5.74) is 0.691. The zero-order chi connectivity index (χ0) is 10.7. The van der Waals surface area contributed by atoms with E-state index in [4.69, 9.17) is 0 Å². The zero-order valence-electron chi connectivity index (χ0n) is 8.14. The van der Waals surface area contributed by atoms with Gasteiger partial charge in [-0.2, -0.15) is 0 Å². The van der Waals surface area contributed by atoms with Crippen LogP contribution in [0.1, 0.15) is 17.3 Å². The van der Waals surface area contributed by atoms with Crippen molar-refractivity contribution in [1.29, 1.82) is 0 Å². The average molecular weight is 235 g/mol. The third-order valence-electron chi connectivity index (χ3n) is 1.84. The van der Waals surface area contributed by atoms with E-state index in [1.54, 1.807) is 30.5 Å². The van der Waals surface area contributed by atoms with Gasteiger partial charge in [-0.3, -0.25) is 4.79 Å². The Balaban J connectivity index is 2.32. The lowest BCUT2D eigenvalue weighted by atomic mass is 10.2. The molecule has 2 aromatic heterocycles. The molecule has 0 aromatic carbocycles. The molecule has 0 aliphatic rings. The molecular weight excluding hydrogens is 226 g/mol. The molecule has 0 N–H and O–H groups in total. The van der Waals surface area contributed by atoms with Gasteiger partial charge in [0.25, 0.3) is 0 Å². The van der Waals surface area contributed by atoms with Crippen LogP contribution in [-0.4, -0.2) is 10.8 Å². The van der Waals surface area contributed by atoms with Crippen LogP contribution in [0.3, 0.4) is 0 Å². The van der Waals surface area contributed by atoms with E-state index in [1.165, 1.54) is 11.8 Å². The van der Waals surface area contributed by atoms with E-state index in [-0.39, 0.29) is 5.78 Å². The van der Waals surface area contributed by atoms with Crippen molar-refractivity contribution in [3.8, 4) is 0 Å². The predicted molar refractivity (Wildman–Crippen MR) is 62.7 cm³/mol. The molecule has 0 spiro atoms. The summed E-state index contributed by atoms with van der Waals surface area (Å²) < 4.78 is 1.15. The number of hydrogen-bond donors (Lipinski definition) is 0. The molecule has 2 heterocycles. The van der Waals surface area contributed by atoms with E-state index in [0.717, 1.165) is 9.24 Å². The van der Waals surface area contributed by atoms with E-state index in [1.807, 2.05) is 23.6 Å². The lowest BCUT2D eigenvalue weighted by Crippen LogP contribution is -1.96. The van der Waals surface area contributed by atoms with Gasteiger partial charge in [0, 0.05) is 11.8 Å². The van der Waals surface area contributed by atoms with Crippen molar-refractivity contribution in [2.75, 3.05) is 0 Å². The topological polar surface area (TPSA) is 30.0 Å². The lowest BCUT2D eigenvalue weighted by Gasteiger charge is -2.02. The van der Waals surface area contributed by atoms with Crippen molar-refractivity contribution < 1.29 is 4.79 Å². The molecule has 0 aliphatic heterocycles. The summed E-state index contributed by atoms with van der Waals surface area (Å²) >= 11 is 3.19. The Morgan fingerprint density at radius 1 is 1.40 bits per heavy atom. The summed E-state index contributed by atoms with van der Waals surface area (Å²) in [5, 5.41) is 2.80. The van der Waals surface area contributed by atoms with Crippen LogP contribution in [0.2, 0.25) is 0 Å². The second-order valence-electron chi connectivity index (χ2n) is 2.95. The minimum Gasteiger partial charge on any atom is -0.294 e. The molecule has 2 aromatic rings. The molecule has 2 rings (SSSR count). The second kappa shape index (κ2) is 4.59. The van der Waals surface area contributed by atoms with Crippen LogP contribution in [0.25, 0.3) is 0 Å². The first-order valence-corrected chi connectivity index (χ1v) is 6.14. The van der Waals surface area contributed by atoms with Gasteiger partial charge >= 0.3 is 0 Å². The molecule has 15 heavy (non-hydrogen) atoms. The van der Waals surface area contributed by atoms with E-state index >= 15 is 0 Å². The maximum Gasteiger partial charge on any atom is 0.162 e. The number of rotatable bonds is 3. The van der Waals surface area contributed by atoms with Gasteiger partial charge < -0.3 is 0 Å². The number of pyridine rings is 1. The molecule has 0 radical (unpaired) electrons. The third-order valence-corrected chi connectivity index (χ3v) is 3.90. The Labute approximate surface area is 96.4 Å². The van der Waals surface area contributed by atoms with Gasteiger partial charge in [-0.15, -0.1) is 11.3 Å². The highest BCUT2D eigenvalue weighted by molar-refractivity contribution is 8.01. The highest BCUT2D eigenvalue weighted by Crippen LogP contribution is 2.31. The lowest BCUT2D eigenvalue weighted by molar-refractivity contribution is 0.101. The second-order valence-corrected chi connectivity index (χ2v) is 5.18. The number of nitrogens with zero attached hydrogens (tertiary/aromatic N) is 1. The Morgan fingerprint density at radius 3 is 2.93 bits per heavy atom. The number of Topliss-reactive ketones (excluding diaryl/α,β-unsaturated/α-hetero) is 1. The third kappa shape index (κ3) is 2.46. The first-order chi connectivity index (χ1) is 7.27. The van der Waals surface area contributed by atoms with Gasteiger partial charge in [0.05, 0.1) is 4.21 Å². The highest BCUT2D eigenvalue weighted by Gasteiger charge is 2.09. The Bertz CT molecular complexity index is 465. The van der Waals surface area contributed by atoms with Crippen molar-refractivity contribution in [2.45, 2.75) is 16.2 Å². The molecule has 0 atom stereocenters. The smallest absolute Gasteiger partial charge is 0.162 e. The van der Waals surface area contributed by atoms with E-state index in [0.29, 0.717) is 5.56 Å². The van der Waals surface area contributed by atoms with Crippen molar-refractivity contribution in [2.24, 2.45) is 0 Å². The van der Waals surface area contributed by atoms with Crippen LogP contribution in [0.4, 0.5) is 0 Å². The molecule has 0 fully saturated rings. The van der Waals surface area contributed by atoms with Gasteiger partial charge in [0.2, 0.25) is 0 Å². The van der Waals surface area contributed by atoms with Crippen molar-refractivity contribution >= 4 is 28.9 Å². The Kier molecular flexibility index (Phi) is 3.18. The first kappa shape index (κ1) is 10.4. The van der Waals surface area contributed by atoms with Crippen molar-refractivity contribution in [3.05, 3.63) is 41.4 Å². The van der Waals surface area contributed by atoms with Crippen LogP contribution >= 0.6 is 23.1 Å². The van der Waals surface area contributed by atoms with E-state index < -0.39 is 0 Å². The summed E-state index contributed by atoms with van der Waals surface area (Å²) in [6.45, 7) is 1.56. The van der Waals surface area contributed by atoms with Crippen LogP contribution < -0.4 is 0 Å². The van der Waals surface area contributed by atoms with Gasteiger partial charge in [0.15, 0.2) is 5.78 Å². The van der Waals surface area contributed by atoms with E-state index in [2.05, 4.69) is 4.98 Å². The van der Waals surface area contributed by atoms with Gasteiger partial charge in [-0.25, -0.2) is 4.98 Å². The van der Waals surface area contributed by atoms with Crippen LogP contribution in [0.5, 0.6) is 0 Å². The molecule has 0 aliphatic carbocycles. The predicted octanol–water partition coefficient (Wildman–Crippen LogP) is 3.50. The highest BCUT2D eigenvalue weighted by atomic mass is 32.2. The fourth-order valence-electron chi connectivity index (χ4n) is 1.16. The van der Waals surface area contributed by atoms with Crippen molar-refractivity contribution in [3.63, 3.8) is 0 Å². The van der Waals surface area contributed by atoms with Gasteiger partial charge in [-0.1, -0.05) is 17.8 Å². The van der Waals surface area contributed by atoms with E-state index in [9.17, 15) is 4.79 Å². The van der Waals surface area contributed by atoms with Crippen LogP contribution in [-0.2, 0) is 0 Å². The van der Waals surface area contributed by atoms with Crippen LogP contribution in [0, 0.1) is 0 Å².